The fraction of sp³-hybridized carbons (Fsp3) is 0.458. The van der Waals surface area contributed by atoms with E-state index >= 15 is 0 Å². The van der Waals surface area contributed by atoms with Crippen LogP contribution in [0.25, 0.3) is 0 Å². The number of hydrogen-bond donors (Lipinski definition) is 2. The Morgan fingerprint density at radius 3 is 2.25 bits per heavy atom. The Bertz CT molecular complexity index is 921. The molecule has 8 heteroatoms. The highest BCUT2D eigenvalue weighted by atomic mass is 16.3. The molecule has 2 aliphatic rings. The van der Waals surface area contributed by atoms with Gasteiger partial charge in [-0.2, -0.15) is 5.26 Å². The summed E-state index contributed by atoms with van der Waals surface area (Å²) in [6, 6.07) is 14.0. The van der Waals surface area contributed by atoms with E-state index in [1.54, 1.807) is 0 Å². The molecule has 0 spiro atoms. The molecule has 2 aliphatic heterocycles. The van der Waals surface area contributed by atoms with Crippen molar-refractivity contribution in [2.45, 2.75) is 45.3 Å². The van der Waals surface area contributed by atoms with E-state index in [1.165, 1.54) is 48.2 Å². The molecule has 2 aromatic rings. The monoisotopic (exact) mass is 440 g/mol. The van der Waals surface area contributed by atoms with Gasteiger partial charge in [0.05, 0.1) is 0 Å². The third-order valence-electron chi connectivity index (χ3n) is 6.38. The van der Waals surface area contributed by atoms with Gasteiger partial charge in [-0.3, -0.25) is 19.4 Å². The van der Waals surface area contributed by atoms with Gasteiger partial charge in [-0.05, 0) is 62.0 Å². The lowest BCUT2D eigenvalue weighted by Gasteiger charge is -2.40. The average Bonchev–Trinajstić information content (AvgIpc) is 3.08. The molecule has 1 fully saturated rings. The summed E-state index contributed by atoms with van der Waals surface area (Å²) >= 11 is 0. The van der Waals surface area contributed by atoms with Crippen LogP contribution in [0.4, 0.5) is 0 Å². The molecular weight excluding hydrogens is 408 g/mol. The number of fused-ring (bicyclic) bond motifs is 1. The fourth-order valence-electron chi connectivity index (χ4n) is 4.54. The summed E-state index contributed by atoms with van der Waals surface area (Å²) in [6.45, 7) is 7.21. The molecule has 0 bridgehead atoms. The van der Waals surface area contributed by atoms with E-state index in [0.717, 1.165) is 31.9 Å². The van der Waals surface area contributed by atoms with Gasteiger partial charge in [0.25, 0.3) is 12.9 Å². The Kier molecular flexibility index (Phi) is 9.92. The van der Waals surface area contributed by atoms with Crippen LogP contribution < -0.4 is 0 Å². The lowest BCUT2D eigenvalue weighted by molar-refractivity contribution is -0.123. The highest BCUT2D eigenvalue weighted by Gasteiger charge is 2.27. The highest BCUT2D eigenvalue weighted by Crippen LogP contribution is 2.26. The van der Waals surface area contributed by atoms with Crippen molar-refractivity contribution < 1.29 is 19.8 Å². The van der Waals surface area contributed by atoms with Crippen LogP contribution in [0.3, 0.4) is 0 Å². The summed E-state index contributed by atoms with van der Waals surface area (Å²) in [5.74, 6) is 0. The molecule has 0 amide bonds. The quantitative estimate of drug-likeness (QED) is 0.706. The van der Waals surface area contributed by atoms with Crippen molar-refractivity contribution in [1.29, 1.82) is 5.26 Å². The second kappa shape index (κ2) is 12.6. The van der Waals surface area contributed by atoms with Gasteiger partial charge in [0, 0.05) is 38.4 Å². The lowest BCUT2D eigenvalue weighted by Crippen LogP contribution is -2.46. The number of benzene rings is 1. The number of carbonyl (C=O) groups is 2. The van der Waals surface area contributed by atoms with E-state index in [4.69, 9.17) is 19.8 Å². The van der Waals surface area contributed by atoms with Gasteiger partial charge in [-0.1, -0.05) is 24.3 Å². The number of piperidine rings is 1. The van der Waals surface area contributed by atoms with Crippen LogP contribution in [-0.4, -0.2) is 63.2 Å². The second-order valence-corrected chi connectivity index (χ2v) is 8.02. The summed E-state index contributed by atoms with van der Waals surface area (Å²) in [5.41, 5.74) is 6.34. The van der Waals surface area contributed by atoms with Crippen LogP contribution in [0.5, 0.6) is 0 Å². The minimum absolute atomic E-state index is 0.250. The van der Waals surface area contributed by atoms with Crippen LogP contribution in [0.15, 0.2) is 30.3 Å². The maximum absolute atomic E-state index is 9.22. The zero-order chi connectivity index (χ0) is 23.5. The van der Waals surface area contributed by atoms with Crippen LogP contribution in [0.2, 0.25) is 0 Å². The topological polar surface area (TPSA) is 110 Å². The third-order valence-corrected chi connectivity index (χ3v) is 6.38. The summed E-state index contributed by atoms with van der Waals surface area (Å²) in [5, 5.41) is 23.0. The predicted molar refractivity (Wildman–Crippen MR) is 121 cm³/mol. The SMILES string of the molecule is Cc1c(CN2CCC(N3CCc4ccccc4C3)CC2)cc(C#N)n1C.O=CO.O=CO. The first-order chi connectivity index (χ1) is 15.5. The number of rotatable bonds is 3. The van der Waals surface area contributed by atoms with Gasteiger partial charge in [0.2, 0.25) is 0 Å². The predicted octanol–water partition coefficient (Wildman–Crippen LogP) is 2.63. The first-order valence-electron chi connectivity index (χ1n) is 10.7. The Hall–Kier alpha value is -3.15. The molecular formula is C24H32N4O4. The zero-order valence-corrected chi connectivity index (χ0v) is 18.8. The smallest absolute Gasteiger partial charge is 0.290 e. The van der Waals surface area contributed by atoms with E-state index in [1.807, 2.05) is 11.6 Å². The summed E-state index contributed by atoms with van der Waals surface area (Å²) in [7, 11) is 1.98. The van der Waals surface area contributed by atoms with Crippen molar-refractivity contribution in [2.75, 3.05) is 19.6 Å². The zero-order valence-electron chi connectivity index (χ0n) is 18.8. The maximum Gasteiger partial charge on any atom is 0.290 e. The lowest BCUT2D eigenvalue weighted by atomic mass is 9.95. The first-order valence-corrected chi connectivity index (χ1v) is 10.7. The number of hydrogen-bond acceptors (Lipinski definition) is 5. The van der Waals surface area contributed by atoms with Gasteiger partial charge in [-0.15, -0.1) is 0 Å². The van der Waals surface area contributed by atoms with Crippen LogP contribution in [-0.2, 0) is 36.1 Å². The van der Waals surface area contributed by atoms with Gasteiger partial charge < -0.3 is 14.8 Å². The summed E-state index contributed by atoms with van der Waals surface area (Å²) < 4.78 is 2.01. The molecule has 172 valence electrons. The van der Waals surface area contributed by atoms with Crippen molar-refractivity contribution in [1.82, 2.24) is 14.4 Å². The Morgan fingerprint density at radius 2 is 1.69 bits per heavy atom. The minimum atomic E-state index is -0.250. The molecule has 0 aliphatic carbocycles. The molecule has 0 atom stereocenters. The second-order valence-electron chi connectivity index (χ2n) is 8.02. The minimum Gasteiger partial charge on any atom is -0.483 e. The average molecular weight is 441 g/mol. The molecule has 0 radical (unpaired) electrons. The number of nitriles is 1. The van der Waals surface area contributed by atoms with Crippen LogP contribution >= 0.6 is 0 Å². The van der Waals surface area contributed by atoms with Crippen LogP contribution in [0.1, 0.15) is 40.9 Å². The van der Waals surface area contributed by atoms with E-state index in [0.29, 0.717) is 6.04 Å². The summed E-state index contributed by atoms with van der Waals surface area (Å²) in [6.07, 6.45) is 3.69. The molecule has 0 saturated carbocycles. The third kappa shape index (κ3) is 6.42. The Labute approximate surface area is 189 Å². The van der Waals surface area contributed by atoms with Gasteiger partial charge in [0.1, 0.15) is 11.8 Å². The van der Waals surface area contributed by atoms with Gasteiger partial charge in [-0.25, -0.2) is 0 Å². The van der Waals surface area contributed by atoms with E-state index in [9.17, 15) is 5.26 Å². The number of carboxylic acid groups (broad SMARTS) is 2. The van der Waals surface area contributed by atoms with E-state index in [2.05, 4.69) is 53.1 Å². The maximum atomic E-state index is 9.22. The molecule has 0 unspecified atom stereocenters. The molecule has 2 N–H and O–H groups in total. The largest absolute Gasteiger partial charge is 0.483 e. The fourth-order valence-corrected chi connectivity index (χ4v) is 4.54. The standard InChI is InChI=1S/C22H28N4.2CH2O2/c1-17-20(13-22(14-23)24(17)2)15-25-10-8-21(9-11-25)26-12-7-18-5-3-4-6-19(18)16-26;2*2-1-3/h3-6,13,21H,7-12,15-16H2,1-2H3;2*1H,(H,2,3). The molecule has 4 rings (SSSR count). The van der Waals surface area contributed by atoms with Crippen molar-refractivity contribution in [3.05, 3.63) is 58.4 Å². The number of aromatic nitrogens is 1. The van der Waals surface area contributed by atoms with Crippen molar-refractivity contribution in [2.24, 2.45) is 7.05 Å². The molecule has 1 saturated heterocycles. The molecule has 1 aromatic carbocycles. The van der Waals surface area contributed by atoms with Gasteiger partial charge in [0.15, 0.2) is 0 Å². The summed E-state index contributed by atoms with van der Waals surface area (Å²) in [4.78, 5) is 22.0. The number of nitrogens with zero attached hydrogens (tertiary/aromatic N) is 4. The van der Waals surface area contributed by atoms with Crippen molar-refractivity contribution in [3.63, 3.8) is 0 Å². The molecule has 32 heavy (non-hydrogen) atoms. The normalized spacial score (nSPS) is 16.4. The molecule has 8 nitrogen and oxygen atoms in total. The Morgan fingerprint density at radius 1 is 1.09 bits per heavy atom. The van der Waals surface area contributed by atoms with Gasteiger partial charge >= 0.3 is 0 Å². The molecule has 3 heterocycles. The van der Waals surface area contributed by atoms with Crippen molar-refractivity contribution >= 4 is 12.9 Å². The highest BCUT2D eigenvalue weighted by molar-refractivity contribution is 5.34. The van der Waals surface area contributed by atoms with E-state index in [-0.39, 0.29) is 12.9 Å². The van der Waals surface area contributed by atoms with Crippen molar-refractivity contribution in [3.8, 4) is 6.07 Å². The van der Waals surface area contributed by atoms with E-state index < -0.39 is 0 Å². The number of likely N-dealkylation sites (tertiary alicyclic amines) is 1. The first kappa shape index (κ1) is 25.1. The molecule has 1 aromatic heterocycles. The van der Waals surface area contributed by atoms with Crippen LogP contribution in [0, 0.1) is 18.3 Å². The Balaban J connectivity index is 0.000000547.